The van der Waals surface area contributed by atoms with E-state index in [4.69, 9.17) is 0 Å². The van der Waals surface area contributed by atoms with Gasteiger partial charge in [-0.2, -0.15) is 0 Å². The first-order valence-corrected chi connectivity index (χ1v) is 10.7. The topological polar surface area (TPSA) is 62.3 Å². The number of anilines is 1. The minimum atomic E-state index is -0.0556. The maximum absolute atomic E-state index is 12.3. The Morgan fingerprint density at radius 3 is 2.65 bits per heavy atom. The van der Waals surface area contributed by atoms with Gasteiger partial charge in [-0.3, -0.25) is 9.59 Å². The average Bonchev–Trinajstić information content (AvgIpc) is 3.10. The molecule has 1 aromatic carbocycles. The van der Waals surface area contributed by atoms with Crippen LogP contribution in [0, 0.1) is 6.92 Å². The fourth-order valence-electron chi connectivity index (χ4n) is 2.81. The summed E-state index contributed by atoms with van der Waals surface area (Å²) in [6.07, 6.45) is 3.76. The van der Waals surface area contributed by atoms with Gasteiger partial charge >= 0.3 is 0 Å². The normalized spacial score (nSPS) is 14.3. The van der Waals surface area contributed by atoms with Gasteiger partial charge in [0.2, 0.25) is 11.8 Å². The number of thiazole rings is 1. The van der Waals surface area contributed by atoms with Crippen LogP contribution in [0.5, 0.6) is 0 Å². The smallest absolute Gasteiger partial charge is 0.234 e. The molecule has 0 unspecified atom stereocenters. The number of piperidine rings is 1. The van der Waals surface area contributed by atoms with Crippen LogP contribution in [0.25, 0.3) is 0 Å². The highest BCUT2D eigenvalue weighted by molar-refractivity contribution is 8.01. The van der Waals surface area contributed by atoms with Gasteiger partial charge in [0.15, 0.2) is 4.34 Å². The van der Waals surface area contributed by atoms with E-state index < -0.39 is 0 Å². The van der Waals surface area contributed by atoms with Crippen molar-refractivity contribution in [3.63, 3.8) is 0 Å². The van der Waals surface area contributed by atoms with Gasteiger partial charge in [-0.05, 0) is 38.3 Å². The minimum Gasteiger partial charge on any atom is -0.342 e. The van der Waals surface area contributed by atoms with Crippen molar-refractivity contribution in [1.29, 1.82) is 0 Å². The summed E-state index contributed by atoms with van der Waals surface area (Å²) in [6.45, 7) is 3.74. The molecule has 7 heteroatoms. The second-order valence-electron chi connectivity index (χ2n) is 6.43. The lowest BCUT2D eigenvalue weighted by molar-refractivity contribution is -0.131. The highest BCUT2D eigenvalue weighted by Crippen LogP contribution is 2.23. The minimum absolute atomic E-state index is 0.0556. The number of nitrogens with one attached hydrogen (secondary N) is 1. The molecule has 1 N–H and O–H groups in total. The van der Waals surface area contributed by atoms with Crippen molar-refractivity contribution in [3.8, 4) is 0 Å². The van der Waals surface area contributed by atoms with Crippen LogP contribution in [0.2, 0.25) is 0 Å². The highest BCUT2D eigenvalue weighted by Gasteiger charge is 2.18. The molecule has 2 aromatic rings. The lowest BCUT2D eigenvalue weighted by Crippen LogP contribution is -2.36. The molecule has 0 bridgehead atoms. The summed E-state index contributed by atoms with van der Waals surface area (Å²) >= 11 is 2.89. The molecule has 1 aliphatic heterocycles. The number of likely N-dealkylation sites (tertiary alicyclic amines) is 1. The third-order valence-corrected chi connectivity index (χ3v) is 6.30. The Kier molecular flexibility index (Phi) is 6.68. The van der Waals surface area contributed by atoms with Crippen LogP contribution in [-0.2, 0) is 16.0 Å². The van der Waals surface area contributed by atoms with E-state index >= 15 is 0 Å². The Bertz CT molecular complexity index is 752. The zero-order valence-corrected chi connectivity index (χ0v) is 16.5. The van der Waals surface area contributed by atoms with E-state index in [-0.39, 0.29) is 11.8 Å². The predicted octanol–water partition coefficient (Wildman–Crippen LogP) is 3.74. The zero-order valence-electron chi connectivity index (χ0n) is 14.9. The van der Waals surface area contributed by atoms with Gasteiger partial charge in [0, 0.05) is 24.2 Å². The second kappa shape index (κ2) is 9.19. The molecule has 138 valence electrons. The summed E-state index contributed by atoms with van der Waals surface area (Å²) in [5, 5.41) is 4.80. The lowest BCUT2D eigenvalue weighted by atomic mass is 10.1. The van der Waals surface area contributed by atoms with E-state index in [2.05, 4.69) is 10.3 Å². The fourth-order valence-corrected chi connectivity index (χ4v) is 4.45. The maximum atomic E-state index is 12.3. The van der Waals surface area contributed by atoms with E-state index in [9.17, 15) is 9.59 Å². The van der Waals surface area contributed by atoms with Crippen molar-refractivity contribution in [2.24, 2.45) is 0 Å². The molecule has 2 amide bonds. The van der Waals surface area contributed by atoms with Crippen molar-refractivity contribution in [1.82, 2.24) is 9.88 Å². The molecule has 0 saturated carbocycles. The molecule has 2 heterocycles. The molecule has 1 saturated heterocycles. The Morgan fingerprint density at radius 1 is 1.19 bits per heavy atom. The number of nitrogens with zero attached hydrogens (tertiary/aromatic N) is 2. The van der Waals surface area contributed by atoms with Crippen molar-refractivity contribution in [2.45, 2.75) is 36.9 Å². The summed E-state index contributed by atoms with van der Waals surface area (Å²) in [4.78, 5) is 30.8. The molecule has 0 atom stereocenters. The number of aromatic nitrogens is 1. The van der Waals surface area contributed by atoms with Gasteiger partial charge in [-0.1, -0.05) is 29.5 Å². The fraction of sp³-hybridized carbons (Fsp3) is 0.421. The number of amides is 2. The van der Waals surface area contributed by atoms with Crippen molar-refractivity contribution >= 4 is 40.6 Å². The first kappa shape index (κ1) is 18.9. The molecule has 1 aromatic heterocycles. The van der Waals surface area contributed by atoms with Gasteiger partial charge in [0.25, 0.3) is 0 Å². The molecule has 26 heavy (non-hydrogen) atoms. The first-order chi connectivity index (χ1) is 12.6. The Labute approximate surface area is 162 Å². The van der Waals surface area contributed by atoms with E-state index in [0.717, 1.165) is 47.2 Å². The van der Waals surface area contributed by atoms with Gasteiger partial charge in [-0.25, -0.2) is 4.98 Å². The first-order valence-electron chi connectivity index (χ1n) is 8.81. The van der Waals surface area contributed by atoms with Crippen LogP contribution in [-0.4, -0.2) is 40.5 Å². The van der Waals surface area contributed by atoms with Crippen LogP contribution in [0.15, 0.2) is 34.0 Å². The van der Waals surface area contributed by atoms with Crippen molar-refractivity contribution < 1.29 is 9.59 Å². The predicted molar refractivity (Wildman–Crippen MR) is 107 cm³/mol. The second-order valence-corrected chi connectivity index (χ2v) is 8.51. The molecule has 5 nitrogen and oxygen atoms in total. The van der Waals surface area contributed by atoms with Crippen LogP contribution >= 0.6 is 23.1 Å². The number of hydrogen-bond donors (Lipinski definition) is 1. The number of hydrogen-bond acceptors (Lipinski definition) is 5. The summed E-state index contributed by atoms with van der Waals surface area (Å²) in [7, 11) is 0. The summed E-state index contributed by atoms with van der Waals surface area (Å²) in [5.74, 6) is 0.407. The van der Waals surface area contributed by atoms with Gasteiger partial charge in [0.05, 0.1) is 17.9 Å². The van der Waals surface area contributed by atoms with Crippen LogP contribution < -0.4 is 5.32 Å². The quantitative estimate of drug-likeness (QED) is 0.765. The molecule has 3 rings (SSSR count). The van der Waals surface area contributed by atoms with Crippen molar-refractivity contribution in [2.75, 3.05) is 24.2 Å². The molecule has 0 aliphatic carbocycles. The Hall–Kier alpha value is -1.86. The van der Waals surface area contributed by atoms with E-state index in [1.807, 2.05) is 41.5 Å². The van der Waals surface area contributed by atoms with Crippen LogP contribution in [0.1, 0.15) is 30.5 Å². The highest BCUT2D eigenvalue weighted by atomic mass is 32.2. The molecule has 1 fully saturated rings. The summed E-state index contributed by atoms with van der Waals surface area (Å²) in [5.41, 5.74) is 2.76. The van der Waals surface area contributed by atoms with E-state index in [1.165, 1.54) is 29.5 Å². The van der Waals surface area contributed by atoms with E-state index in [0.29, 0.717) is 12.2 Å². The van der Waals surface area contributed by atoms with Crippen molar-refractivity contribution in [3.05, 3.63) is 40.9 Å². The van der Waals surface area contributed by atoms with E-state index in [1.54, 1.807) is 0 Å². The molecular formula is C19H23N3O2S2. The van der Waals surface area contributed by atoms with Gasteiger partial charge in [0.1, 0.15) is 0 Å². The molecule has 0 radical (unpaired) electrons. The average molecular weight is 390 g/mol. The number of benzene rings is 1. The number of rotatable bonds is 6. The molecule has 0 spiro atoms. The molecule has 1 aliphatic rings. The SMILES string of the molecule is Cc1ccc(NC(=O)CSc2nc(CC(=O)N3CCCCC3)cs2)cc1. The zero-order chi connectivity index (χ0) is 18.4. The number of carbonyl (C=O) groups is 2. The number of aryl methyl sites for hydroxylation is 1. The van der Waals surface area contributed by atoms with Gasteiger partial charge in [-0.15, -0.1) is 11.3 Å². The molecular weight excluding hydrogens is 366 g/mol. The Balaban J connectivity index is 1.45. The van der Waals surface area contributed by atoms with Crippen LogP contribution in [0.4, 0.5) is 5.69 Å². The number of thioether (sulfide) groups is 1. The largest absolute Gasteiger partial charge is 0.342 e. The summed E-state index contributed by atoms with van der Waals surface area (Å²) < 4.78 is 0.825. The summed E-state index contributed by atoms with van der Waals surface area (Å²) in [6, 6.07) is 7.72. The lowest BCUT2D eigenvalue weighted by Gasteiger charge is -2.26. The standard InChI is InChI=1S/C19H23N3O2S2/c1-14-5-7-15(8-6-14)20-17(23)13-26-19-21-16(12-25-19)11-18(24)22-9-3-2-4-10-22/h5-8,12H,2-4,9-11,13H2,1H3,(H,20,23). The Morgan fingerprint density at radius 2 is 1.92 bits per heavy atom. The number of carbonyl (C=O) groups excluding carboxylic acids is 2. The van der Waals surface area contributed by atoms with Crippen LogP contribution in [0.3, 0.4) is 0 Å². The maximum Gasteiger partial charge on any atom is 0.234 e. The third kappa shape index (κ3) is 5.57. The van der Waals surface area contributed by atoms with Gasteiger partial charge < -0.3 is 10.2 Å². The third-order valence-electron chi connectivity index (χ3n) is 4.23. The monoisotopic (exact) mass is 389 g/mol.